The van der Waals surface area contributed by atoms with E-state index in [0.717, 1.165) is 66.5 Å². The van der Waals surface area contributed by atoms with Gasteiger partial charge in [-0.25, -0.2) is 9.78 Å². The molecule has 1 saturated carbocycles. The van der Waals surface area contributed by atoms with Crippen LogP contribution < -0.4 is 4.74 Å². The van der Waals surface area contributed by atoms with Gasteiger partial charge in [-0.15, -0.1) is 0 Å². The van der Waals surface area contributed by atoms with Gasteiger partial charge in [-0.05, 0) is 81.0 Å². The smallest absolute Gasteiger partial charge is 0.410 e. The predicted molar refractivity (Wildman–Crippen MR) is 139 cm³/mol. The molecule has 7 heteroatoms. The number of hydrogen-bond donors (Lipinski definition) is 0. The third-order valence-corrected chi connectivity index (χ3v) is 8.50. The summed E-state index contributed by atoms with van der Waals surface area (Å²) in [6, 6.07) is 13.8. The highest BCUT2D eigenvalue weighted by atomic mass is 79.9. The van der Waals surface area contributed by atoms with Crippen molar-refractivity contribution in [1.29, 1.82) is 0 Å². The Balaban J connectivity index is 0.958. The number of carbonyl (C=O) groups is 1. The number of nitrogens with zero attached hydrogens (tertiary/aromatic N) is 3. The van der Waals surface area contributed by atoms with Gasteiger partial charge in [-0.2, -0.15) is 0 Å². The summed E-state index contributed by atoms with van der Waals surface area (Å²) in [6.45, 7) is 5.56. The van der Waals surface area contributed by atoms with E-state index in [-0.39, 0.29) is 6.09 Å². The van der Waals surface area contributed by atoms with E-state index in [4.69, 9.17) is 9.47 Å². The number of halogens is 1. The summed E-state index contributed by atoms with van der Waals surface area (Å²) >= 11 is 3.48. The monoisotopic (exact) mass is 541 g/mol. The van der Waals surface area contributed by atoms with E-state index in [2.05, 4.69) is 25.8 Å². The largest absolute Gasteiger partial charge is 0.474 e. The zero-order chi connectivity index (χ0) is 24.0. The summed E-state index contributed by atoms with van der Waals surface area (Å²) in [4.78, 5) is 21.3. The zero-order valence-corrected chi connectivity index (χ0v) is 21.9. The molecular formula is C28H36BrN3O3. The minimum atomic E-state index is -0.174. The first-order chi connectivity index (χ1) is 17.1. The standard InChI is InChI=1S/C28H36BrN3O3/c29-25-6-11-30-27(18-25)35-26-16-24(17-26)23-9-12-31(13-10-23)19-21-7-14-32(15-8-21)28(33)34-20-22-4-2-1-3-5-22/h1-6,11,18,21,23-24,26H,7-10,12-17,19-20H2. The lowest BCUT2D eigenvalue weighted by Crippen LogP contribution is -2.46. The SMILES string of the molecule is O=C(OCc1ccccc1)N1CCC(CN2CCC(C3CC(Oc4cc(Br)ccn4)C3)CC2)CC1. The number of rotatable bonds is 7. The normalized spacial score (nSPS) is 24.1. The van der Waals surface area contributed by atoms with Gasteiger partial charge >= 0.3 is 6.09 Å². The highest BCUT2D eigenvalue weighted by Crippen LogP contribution is 2.41. The van der Waals surface area contributed by atoms with Crippen LogP contribution in [-0.4, -0.2) is 59.7 Å². The van der Waals surface area contributed by atoms with Gasteiger partial charge in [0.25, 0.3) is 0 Å². The van der Waals surface area contributed by atoms with Crippen LogP contribution in [0, 0.1) is 17.8 Å². The van der Waals surface area contributed by atoms with E-state index in [1.807, 2.05) is 47.4 Å². The first-order valence-corrected chi connectivity index (χ1v) is 13.9. The second-order valence-corrected chi connectivity index (χ2v) is 11.3. The van der Waals surface area contributed by atoms with Crippen LogP contribution in [0.4, 0.5) is 4.79 Å². The summed E-state index contributed by atoms with van der Waals surface area (Å²) in [5.41, 5.74) is 1.03. The molecule has 35 heavy (non-hydrogen) atoms. The molecule has 2 aliphatic heterocycles. The molecule has 0 N–H and O–H groups in total. The Kier molecular flexibility index (Phi) is 8.24. The molecule has 1 amide bonds. The summed E-state index contributed by atoms with van der Waals surface area (Å²) in [7, 11) is 0. The summed E-state index contributed by atoms with van der Waals surface area (Å²) in [5.74, 6) is 3.05. The Morgan fingerprint density at radius 3 is 2.43 bits per heavy atom. The number of ether oxygens (including phenoxy) is 2. The van der Waals surface area contributed by atoms with Crippen molar-refractivity contribution < 1.29 is 14.3 Å². The fourth-order valence-corrected chi connectivity index (χ4v) is 6.10. The van der Waals surface area contributed by atoms with Crippen LogP contribution in [0.15, 0.2) is 53.1 Å². The molecule has 3 fully saturated rings. The first kappa shape index (κ1) is 24.6. The van der Waals surface area contributed by atoms with Gasteiger partial charge in [0, 0.05) is 36.4 Å². The highest BCUT2D eigenvalue weighted by Gasteiger charge is 2.38. The number of benzene rings is 1. The Bertz CT molecular complexity index is 953. The number of carbonyl (C=O) groups excluding carboxylic acids is 1. The maximum absolute atomic E-state index is 12.4. The molecule has 0 bridgehead atoms. The third-order valence-electron chi connectivity index (χ3n) is 8.01. The molecule has 188 valence electrons. The zero-order valence-electron chi connectivity index (χ0n) is 20.4. The van der Waals surface area contributed by atoms with E-state index in [1.165, 1.54) is 32.5 Å². The van der Waals surface area contributed by atoms with Crippen molar-refractivity contribution in [3.63, 3.8) is 0 Å². The maximum atomic E-state index is 12.4. The van der Waals surface area contributed by atoms with Crippen LogP contribution >= 0.6 is 15.9 Å². The fraction of sp³-hybridized carbons (Fsp3) is 0.571. The quantitative estimate of drug-likeness (QED) is 0.445. The minimum Gasteiger partial charge on any atom is -0.474 e. The van der Waals surface area contributed by atoms with Gasteiger partial charge in [0.15, 0.2) is 0 Å². The number of likely N-dealkylation sites (tertiary alicyclic amines) is 2. The Hall–Kier alpha value is -2.12. The number of pyridine rings is 1. The molecule has 0 spiro atoms. The van der Waals surface area contributed by atoms with Crippen molar-refractivity contribution in [2.24, 2.45) is 17.8 Å². The molecule has 2 aromatic rings. The average Bonchev–Trinajstić information content (AvgIpc) is 2.86. The van der Waals surface area contributed by atoms with Crippen LogP contribution in [0.2, 0.25) is 0 Å². The van der Waals surface area contributed by atoms with E-state index >= 15 is 0 Å². The van der Waals surface area contributed by atoms with E-state index in [1.54, 1.807) is 6.20 Å². The number of amides is 1. The second kappa shape index (κ2) is 11.7. The van der Waals surface area contributed by atoms with Crippen molar-refractivity contribution >= 4 is 22.0 Å². The Morgan fingerprint density at radius 1 is 0.971 bits per heavy atom. The molecule has 5 rings (SSSR count). The van der Waals surface area contributed by atoms with Gasteiger partial charge in [0.2, 0.25) is 5.88 Å². The second-order valence-electron chi connectivity index (χ2n) is 10.4. The van der Waals surface area contributed by atoms with Gasteiger partial charge in [0.05, 0.1) is 0 Å². The van der Waals surface area contributed by atoms with Crippen LogP contribution in [0.3, 0.4) is 0 Å². The third kappa shape index (κ3) is 6.76. The van der Waals surface area contributed by atoms with Crippen LogP contribution in [0.25, 0.3) is 0 Å². The number of hydrogen-bond acceptors (Lipinski definition) is 5. The van der Waals surface area contributed by atoms with E-state index in [0.29, 0.717) is 18.6 Å². The van der Waals surface area contributed by atoms with Gasteiger partial charge in [-0.3, -0.25) is 0 Å². The molecule has 3 aliphatic rings. The Labute approximate surface area is 217 Å². The van der Waals surface area contributed by atoms with Gasteiger partial charge in [-0.1, -0.05) is 46.3 Å². The molecule has 3 heterocycles. The maximum Gasteiger partial charge on any atom is 0.410 e. The first-order valence-electron chi connectivity index (χ1n) is 13.1. The lowest BCUT2D eigenvalue weighted by atomic mass is 9.70. The molecule has 1 aromatic heterocycles. The van der Waals surface area contributed by atoms with Crippen molar-refractivity contribution in [2.75, 3.05) is 32.7 Å². The summed E-state index contributed by atoms with van der Waals surface area (Å²) in [6.07, 6.45) is 9.02. The molecule has 2 saturated heterocycles. The molecule has 1 aromatic carbocycles. The molecule has 6 nitrogen and oxygen atoms in total. The lowest BCUT2D eigenvalue weighted by molar-refractivity contribution is 0.00669. The highest BCUT2D eigenvalue weighted by molar-refractivity contribution is 9.10. The number of piperidine rings is 2. The number of aromatic nitrogens is 1. The molecule has 0 unspecified atom stereocenters. The van der Waals surface area contributed by atoms with Gasteiger partial charge < -0.3 is 19.3 Å². The average molecular weight is 543 g/mol. The van der Waals surface area contributed by atoms with Crippen molar-refractivity contribution in [1.82, 2.24) is 14.8 Å². The predicted octanol–water partition coefficient (Wildman–Crippen LogP) is 5.76. The summed E-state index contributed by atoms with van der Waals surface area (Å²) < 4.78 is 12.6. The van der Waals surface area contributed by atoms with Crippen molar-refractivity contribution in [2.45, 2.75) is 51.2 Å². The minimum absolute atomic E-state index is 0.174. The van der Waals surface area contributed by atoms with E-state index < -0.39 is 0 Å². The van der Waals surface area contributed by atoms with E-state index in [9.17, 15) is 4.79 Å². The van der Waals surface area contributed by atoms with Crippen LogP contribution in [-0.2, 0) is 11.3 Å². The van der Waals surface area contributed by atoms with Gasteiger partial charge in [0.1, 0.15) is 12.7 Å². The van der Waals surface area contributed by atoms with Crippen LogP contribution in [0.1, 0.15) is 44.1 Å². The van der Waals surface area contributed by atoms with Crippen molar-refractivity contribution in [3.8, 4) is 5.88 Å². The molecular weight excluding hydrogens is 506 g/mol. The Morgan fingerprint density at radius 2 is 1.71 bits per heavy atom. The summed E-state index contributed by atoms with van der Waals surface area (Å²) in [5, 5.41) is 0. The van der Waals surface area contributed by atoms with Crippen molar-refractivity contribution in [3.05, 3.63) is 58.7 Å². The lowest BCUT2D eigenvalue weighted by Gasteiger charge is -2.44. The molecule has 0 radical (unpaired) electrons. The van der Waals surface area contributed by atoms with Crippen LogP contribution in [0.5, 0.6) is 5.88 Å². The fourth-order valence-electron chi connectivity index (χ4n) is 5.79. The molecule has 1 aliphatic carbocycles. The molecule has 0 atom stereocenters. The topological polar surface area (TPSA) is 54.9 Å².